The SMILES string of the molecule is CN1C(=O)C2(N=C1N)c1cc(OCC(F)(F)F)ccc1CC21CCc2ccccc2CC1. The lowest BCUT2D eigenvalue weighted by Gasteiger charge is -2.40. The maximum absolute atomic E-state index is 13.7. The molecular weight excluding hydrogens is 419 g/mol. The number of hydrogen-bond donors (Lipinski definition) is 1. The Hall–Kier alpha value is -3.03. The number of fused-ring (bicyclic) bond motifs is 4. The maximum Gasteiger partial charge on any atom is 0.422 e. The Morgan fingerprint density at radius 2 is 1.75 bits per heavy atom. The Kier molecular flexibility index (Phi) is 4.55. The Morgan fingerprint density at radius 1 is 1.09 bits per heavy atom. The van der Waals surface area contributed by atoms with Gasteiger partial charge in [0, 0.05) is 12.5 Å². The number of nitrogens with two attached hydrogens (primary N) is 1. The molecule has 168 valence electrons. The van der Waals surface area contributed by atoms with Crippen molar-refractivity contribution in [2.24, 2.45) is 16.1 Å². The molecule has 1 heterocycles. The first-order chi connectivity index (χ1) is 15.2. The van der Waals surface area contributed by atoms with Gasteiger partial charge < -0.3 is 10.5 Å². The van der Waals surface area contributed by atoms with Crippen LogP contribution in [-0.2, 0) is 29.6 Å². The second kappa shape index (κ2) is 6.98. The second-order valence-electron chi connectivity index (χ2n) is 8.99. The average molecular weight is 443 g/mol. The van der Waals surface area contributed by atoms with Gasteiger partial charge in [0.05, 0.1) is 0 Å². The van der Waals surface area contributed by atoms with Crippen molar-refractivity contribution in [1.29, 1.82) is 0 Å². The number of rotatable bonds is 2. The summed E-state index contributed by atoms with van der Waals surface area (Å²) in [4.78, 5) is 19.8. The molecule has 5 rings (SSSR count). The van der Waals surface area contributed by atoms with Crippen LogP contribution in [0, 0.1) is 5.41 Å². The quantitative estimate of drug-likeness (QED) is 0.769. The lowest BCUT2D eigenvalue weighted by molar-refractivity contribution is -0.153. The van der Waals surface area contributed by atoms with E-state index in [1.165, 1.54) is 16.0 Å². The van der Waals surface area contributed by atoms with Crippen molar-refractivity contribution in [2.75, 3.05) is 13.7 Å². The third-order valence-corrected chi connectivity index (χ3v) is 7.27. The molecular formula is C24H24F3N3O2. The molecule has 2 spiro atoms. The van der Waals surface area contributed by atoms with E-state index in [0.29, 0.717) is 12.0 Å². The second-order valence-corrected chi connectivity index (χ2v) is 8.99. The number of likely N-dealkylation sites (N-methyl/N-ethyl adjacent to an activating group) is 1. The number of carbonyl (C=O) groups excluding carboxylic acids is 1. The average Bonchev–Trinajstić information content (AvgIpc) is 3.05. The zero-order valence-corrected chi connectivity index (χ0v) is 17.7. The monoisotopic (exact) mass is 443 g/mol. The van der Waals surface area contributed by atoms with Crippen molar-refractivity contribution in [1.82, 2.24) is 4.90 Å². The van der Waals surface area contributed by atoms with Gasteiger partial charge >= 0.3 is 6.18 Å². The fourth-order valence-electron chi connectivity index (χ4n) is 5.70. The largest absolute Gasteiger partial charge is 0.484 e. The van der Waals surface area contributed by atoms with Gasteiger partial charge in [-0.3, -0.25) is 9.69 Å². The summed E-state index contributed by atoms with van der Waals surface area (Å²) >= 11 is 0. The van der Waals surface area contributed by atoms with Crippen molar-refractivity contribution in [3.05, 3.63) is 64.7 Å². The third-order valence-electron chi connectivity index (χ3n) is 7.27. The number of nitrogens with zero attached hydrogens (tertiary/aromatic N) is 2. The van der Waals surface area contributed by atoms with E-state index >= 15 is 0 Å². The van der Waals surface area contributed by atoms with E-state index in [0.717, 1.165) is 31.2 Å². The van der Waals surface area contributed by atoms with Gasteiger partial charge in [0.15, 0.2) is 18.1 Å². The first-order valence-electron chi connectivity index (χ1n) is 10.7. The molecule has 2 aromatic carbocycles. The van der Waals surface area contributed by atoms with Crippen molar-refractivity contribution in [2.45, 2.75) is 43.8 Å². The van der Waals surface area contributed by atoms with Crippen LogP contribution in [0.3, 0.4) is 0 Å². The molecule has 8 heteroatoms. The molecule has 2 aromatic rings. The van der Waals surface area contributed by atoms with E-state index in [-0.39, 0.29) is 17.6 Å². The highest BCUT2D eigenvalue weighted by Gasteiger charge is 2.65. The van der Waals surface area contributed by atoms with Gasteiger partial charge in [0.2, 0.25) is 0 Å². The van der Waals surface area contributed by atoms with Crippen molar-refractivity contribution < 1.29 is 22.7 Å². The number of aryl methyl sites for hydroxylation is 2. The van der Waals surface area contributed by atoms with Crippen LogP contribution in [0.5, 0.6) is 5.75 Å². The number of ether oxygens (including phenoxy) is 1. The van der Waals surface area contributed by atoms with Crippen LogP contribution in [0.1, 0.15) is 35.1 Å². The zero-order valence-electron chi connectivity index (χ0n) is 17.7. The summed E-state index contributed by atoms with van der Waals surface area (Å²) in [5.41, 5.74) is 8.42. The highest BCUT2D eigenvalue weighted by molar-refractivity contribution is 6.08. The molecule has 1 amide bonds. The Bertz CT molecular complexity index is 1100. The molecule has 1 atom stereocenters. The van der Waals surface area contributed by atoms with Crippen LogP contribution in [0.25, 0.3) is 0 Å². The molecule has 2 aliphatic carbocycles. The van der Waals surface area contributed by atoms with Crippen LogP contribution >= 0.6 is 0 Å². The normalized spacial score (nSPS) is 23.8. The van der Waals surface area contributed by atoms with Crippen molar-refractivity contribution in [3.63, 3.8) is 0 Å². The summed E-state index contributed by atoms with van der Waals surface area (Å²) in [6.45, 7) is -1.39. The first kappa shape index (κ1) is 20.8. The first-order valence-corrected chi connectivity index (χ1v) is 10.7. The lowest BCUT2D eigenvalue weighted by Crippen LogP contribution is -2.49. The van der Waals surface area contributed by atoms with Gasteiger partial charge in [-0.1, -0.05) is 30.3 Å². The van der Waals surface area contributed by atoms with E-state index < -0.39 is 23.7 Å². The molecule has 0 saturated carbocycles. The molecule has 0 fully saturated rings. The van der Waals surface area contributed by atoms with E-state index in [9.17, 15) is 18.0 Å². The number of guanidine groups is 1. The van der Waals surface area contributed by atoms with Crippen molar-refractivity contribution in [3.8, 4) is 5.75 Å². The van der Waals surface area contributed by atoms with Crippen LogP contribution < -0.4 is 10.5 Å². The molecule has 0 radical (unpaired) electrons. The number of amides is 1. The van der Waals surface area contributed by atoms with Gasteiger partial charge in [0.1, 0.15) is 5.75 Å². The number of carbonyl (C=O) groups is 1. The summed E-state index contributed by atoms with van der Waals surface area (Å²) in [7, 11) is 1.59. The summed E-state index contributed by atoms with van der Waals surface area (Å²) in [5, 5.41) is 0. The number of benzene rings is 2. The standard InChI is InChI=1S/C24H24F3N3O2/c1-30-20(31)24(29-21(30)28)19-12-18(32-14-23(25,26)27)7-6-17(19)13-22(24)10-8-15-4-2-3-5-16(15)9-11-22/h2-7,12H,8-11,13-14H2,1H3,(H2,28,29). The van der Waals surface area contributed by atoms with Crippen LogP contribution in [-0.4, -0.2) is 36.6 Å². The number of alkyl halides is 3. The third kappa shape index (κ3) is 2.99. The Morgan fingerprint density at radius 3 is 2.31 bits per heavy atom. The summed E-state index contributed by atoms with van der Waals surface area (Å²) < 4.78 is 43.1. The predicted molar refractivity (Wildman–Crippen MR) is 113 cm³/mol. The fraction of sp³-hybridized carbons (Fsp3) is 0.417. The fourth-order valence-corrected chi connectivity index (χ4v) is 5.70. The highest BCUT2D eigenvalue weighted by atomic mass is 19.4. The molecule has 2 N–H and O–H groups in total. The molecule has 5 nitrogen and oxygen atoms in total. The summed E-state index contributed by atoms with van der Waals surface area (Å²) in [6, 6.07) is 13.1. The minimum Gasteiger partial charge on any atom is -0.484 e. The maximum atomic E-state index is 13.7. The van der Waals surface area contributed by atoms with Crippen molar-refractivity contribution >= 4 is 11.9 Å². The molecule has 1 aliphatic heterocycles. The Balaban J connectivity index is 1.61. The van der Waals surface area contributed by atoms with Gasteiger partial charge in [-0.25, -0.2) is 4.99 Å². The lowest BCUT2D eigenvalue weighted by atomic mass is 9.65. The Labute approximate surface area is 184 Å². The van der Waals surface area contributed by atoms with Gasteiger partial charge in [-0.15, -0.1) is 0 Å². The van der Waals surface area contributed by atoms with E-state index in [1.807, 2.05) is 12.1 Å². The van der Waals surface area contributed by atoms with E-state index in [4.69, 9.17) is 15.5 Å². The van der Waals surface area contributed by atoms with Crippen LogP contribution in [0.15, 0.2) is 47.5 Å². The minimum atomic E-state index is -4.45. The molecule has 32 heavy (non-hydrogen) atoms. The number of hydrogen-bond acceptors (Lipinski definition) is 4. The number of aliphatic imine (C=N–C) groups is 1. The topological polar surface area (TPSA) is 67.9 Å². The number of halogens is 3. The molecule has 0 saturated heterocycles. The molecule has 0 aromatic heterocycles. The van der Waals surface area contributed by atoms with Crippen LogP contribution in [0.4, 0.5) is 13.2 Å². The summed E-state index contributed by atoms with van der Waals surface area (Å²) in [5.74, 6) is -0.0243. The molecule has 1 unspecified atom stereocenters. The predicted octanol–water partition coefficient (Wildman–Crippen LogP) is 3.73. The molecule has 3 aliphatic rings. The summed E-state index contributed by atoms with van der Waals surface area (Å²) in [6.07, 6.45) is -0.768. The smallest absolute Gasteiger partial charge is 0.422 e. The van der Waals surface area contributed by atoms with Gasteiger partial charge in [-0.2, -0.15) is 13.2 Å². The van der Waals surface area contributed by atoms with Gasteiger partial charge in [-0.05, 0) is 66.5 Å². The zero-order chi connectivity index (χ0) is 22.7. The minimum absolute atomic E-state index is 0.0746. The van der Waals surface area contributed by atoms with Gasteiger partial charge in [0.25, 0.3) is 5.91 Å². The van der Waals surface area contributed by atoms with E-state index in [1.54, 1.807) is 25.2 Å². The highest BCUT2D eigenvalue weighted by Crippen LogP contribution is 2.61. The van der Waals surface area contributed by atoms with Crippen LogP contribution in [0.2, 0.25) is 0 Å². The van der Waals surface area contributed by atoms with E-state index in [2.05, 4.69) is 12.1 Å². The molecule has 0 bridgehead atoms.